The summed E-state index contributed by atoms with van der Waals surface area (Å²) in [5.74, 6) is 2.65. The third kappa shape index (κ3) is 5.66. The molecule has 0 N–H and O–H groups in total. The smallest absolute Gasteiger partial charge is 0.131 e. The monoisotopic (exact) mass is 217 g/mol. The molecule has 14 heavy (non-hydrogen) atoms. The summed E-state index contributed by atoms with van der Waals surface area (Å²) in [6, 6.07) is 0.498. The van der Waals surface area contributed by atoms with E-state index >= 15 is 0 Å². The molecular formula is C11H23NOS. The third-order valence-corrected chi connectivity index (χ3v) is 3.43. The molecule has 0 aromatic rings. The summed E-state index contributed by atoms with van der Waals surface area (Å²) in [5, 5.41) is 0. The van der Waals surface area contributed by atoms with Crippen LogP contribution in [0.1, 0.15) is 40.0 Å². The first kappa shape index (κ1) is 14.0. The van der Waals surface area contributed by atoms with Crippen molar-refractivity contribution in [2.45, 2.75) is 46.1 Å². The van der Waals surface area contributed by atoms with Gasteiger partial charge in [0.1, 0.15) is 5.78 Å². The molecule has 1 rings (SSSR count). The molecule has 1 atom stereocenters. The number of hydrogen-bond donors (Lipinski definition) is 0. The predicted octanol–water partition coefficient (Wildman–Crippen LogP) is 2.78. The van der Waals surface area contributed by atoms with Gasteiger partial charge >= 0.3 is 0 Å². The normalized spacial score (nSPS) is 23.3. The zero-order chi connectivity index (χ0) is 11.0. The molecule has 1 saturated heterocycles. The van der Waals surface area contributed by atoms with Crippen LogP contribution in [0.5, 0.6) is 0 Å². The number of carbonyl (C=O) groups is 1. The van der Waals surface area contributed by atoms with Crippen LogP contribution in [0.4, 0.5) is 0 Å². The average molecular weight is 217 g/mol. The summed E-state index contributed by atoms with van der Waals surface area (Å²) in [6.07, 6.45) is 3.17. The molecule has 0 aliphatic carbocycles. The van der Waals surface area contributed by atoms with Gasteiger partial charge in [0.2, 0.25) is 0 Å². The minimum absolute atomic E-state index is 0.318. The highest BCUT2D eigenvalue weighted by atomic mass is 32.2. The van der Waals surface area contributed by atoms with Crippen LogP contribution in [-0.2, 0) is 4.79 Å². The average Bonchev–Trinajstić information content (AvgIpc) is 2.35. The molecule has 0 spiro atoms. The van der Waals surface area contributed by atoms with E-state index in [1.807, 2.05) is 25.6 Å². The van der Waals surface area contributed by atoms with E-state index in [1.54, 1.807) is 6.92 Å². The van der Waals surface area contributed by atoms with E-state index in [2.05, 4.69) is 11.9 Å². The Labute approximate surface area is 92.4 Å². The molecule has 3 heteroatoms. The zero-order valence-electron chi connectivity index (χ0n) is 9.88. The van der Waals surface area contributed by atoms with Crippen molar-refractivity contribution in [3.8, 4) is 0 Å². The van der Waals surface area contributed by atoms with Crippen LogP contribution in [-0.4, -0.2) is 35.4 Å². The van der Waals surface area contributed by atoms with Crippen molar-refractivity contribution in [1.29, 1.82) is 0 Å². The van der Waals surface area contributed by atoms with Gasteiger partial charge in [-0.05, 0) is 32.6 Å². The number of ketones is 1. The Hall–Kier alpha value is -0.0200. The number of thioether (sulfide) groups is 1. The van der Waals surface area contributed by atoms with Gasteiger partial charge in [-0.25, -0.2) is 0 Å². The highest BCUT2D eigenvalue weighted by molar-refractivity contribution is 7.99. The maximum absolute atomic E-state index is 10.9. The van der Waals surface area contributed by atoms with Crippen LogP contribution in [0.3, 0.4) is 0 Å². The summed E-state index contributed by atoms with van der Waals surface area (Å²) in [5.41, 5.74) is 0. The molecule has 0 aromatic heterocycles. The standard InChI is InChI=1S/C9H17NOS.C2H6/c1-8(11)6-9-4-3-5-12-7-10(9)2;1-2/h9H,3-7H2,1-2H3;1-2H3. The van der Waals surface area contributed by atoms with Crippen molar-refractivity contribution in [3.05, 3.63) is 0 Å². The molecule has 84 valence electrons. The molecule has 1 aliphatic heterocycles. The second-order valence-electron chi connectivity index (χ2n) is 3.50. The SMILES string of the molecule is CC.CC(=O)CC1CCCSCN1C. The van der Waals surface area contributed by atoms with Gasteiger partial charge in [-0.3, -0.25) is 9.69 Å². The Balaban J connectivity index is 0.000000791. The van der Waals surface area contributed by atoms with Gasteiger partial charge in [0, 0.05) is 18.3 Å². The number of rotatable bonds is 2. The molecular weight excluding hydrogens is 194 g/mol. The van der Waals surface area contributed by atoms with Gasteiger partial charge in [0.25, 0.3) is 0 Å². The Morgan fingerprint density at radius 1 is 1.50 bits per heavy atom. The largest absolute Gasteiger partial charge is 0.300 e. The molecule has 2 nitrogen and oxygen atoms in total. The molecule has 1 unspecified atom stereocenters. The fourth-order valence-electron chi connectivity index (χ4n) is 1.55. The van der Waals surface area contributed by atoms with Crippen LogP contribution in [0.25, 0.3) is 0 Å². The lowest BCUT2D eigenvalue weighted by atomic mass is 10.1. The van der Waals surface area contributed by atoms with E-state index in [1.165, 1.54) is 18.6 Å². The predicted molar refractivity (Wildman–Crippen MR) is 64.8 cm³/mol. The number of hydrogen-bond acceptors (Lipinski definition) is 3. The summed E-state index contributed by atoms with van der Waals surface area (Å²) < 4.78 is 0. The summed E-state index contributed by atoms with van der Waals surface area (Å²) in [4.78, 5) is 13.2. The highest BCUT2D eigenvalue weighted by Crippen LogP contribution is 2.19. The molecule has 0 saturated carbocycles. The second-order valence-corrected chi connectivity index (χ2v) is 4.57. The van der Waals surface area contributed by atoms with Gasteiger partial charge < -0.3 is 0 Å². The highest BCUT2D eigenvalue weighted by Gasteiger charge is 2.18. The fraction of sp³-hybridized carbons (Fsp3) is 0.909. The number of nitrogens with zero attached hydrogens (tertiary/aromatic N) is 1. The lowest BCUT2D eigenvalue weighted by Crippen LogP contribution is -2.31. The third-order valence-electron chi connectivity index (χ3n) is 2.27. The minimum Gasteiger partial charge on any atom is -0.300 e. The van der Waals surface area contributed by atoms with E-state index in [0.29, 0.717) is 11.8 Å². The maximum atomic E-state index is 10.9. The van der Waals surface area contributed by atoms with Crippen molar-refractivity contribution < 1.29 is 4.79 Å². The Morgan fingerprint density at radius 2 is 2.14 bits per heavy atom. The fourth-order valence-corrected chi connectivity index (χ4v) is 2.54. The van der Waals surface area contributed by atoms with Crippen molar-refractivity contribution in [3.63, 3.8) is 0 Å². The van der Waals surface area contributed by atoms with E-state index in [4.69, 9.17) is 0 Å². The Kier molecular flexibility index (Phi) is 8.29. The number of Topliss-reactive ketones (excluding diaryl/α,β-unsaturated/α-hetero) is 1. The van der Waals surface area contributed by atoms with Gasteiger partial charge in [0.15, 0.2) is 0 Å². The van der Waals surface area contributed by atoms with E-state index in [0.717, 1.165) is 12.3 Å². The van der Waals surface area contributed by atoms with Gasteiger partial charge in [-0.2, -0.15) is 0 Å². The van der Waals surface area contributed by atoms with Crippen LogP contribution in [0, 0.1) is 0 Å². The van der Waals surface area contributed by atoms with E-state index < -0.39 is 0 Å². The quantitative estimate of drug-likeness (QED) is 0.709. The van der Waals surface area contributed by atoms with Crippen LogP contribution in [0.15, 0.2) is 0 Å². The van der Waals surface area contributed by atoms with Crippen LogP contribution < -0.4 is 0 Å². The topological polar surface area (TPSA) is 20.3 Å². The molecule has 1 heterocycles. The molecule has 1 fully saturated rings. The summed E-state index contributed by atoms with van der Waals surface area (Å²) >= 11 is 1.97. The Bertz CT molecular complexity index is 161. The van der Waals surface area contributed by atoms with Gasteiger partial charge in [0.05, 0.1) is 0 Å². The minimum atomic E-state index is 0.318. The molecule has 0 amide bonds. The van der Waals surface area contributed by atoms with Crippen LogP contribution >= 0.6 is 11.8 Å². The first-order valence-corrected chi connectivity index (χ1v) is 6.63. The van der Waals surface area contributed by atoms with Gasteiger partial charge in [-0.15, -0.1) is 11.8 Å². The van der Waals surface area contributed by atoms with E-state index in [9.17, 15) is 4.79 Å². The number of carbonyl (C=O) groups excluding carboxylic acids is 1. The molecule has 0 radical (unpaired) electrons. The molecule has 0 aromatic carbocycles. The lowest BCUT2D eigenvalue weighted by molar-refractivity contribution is -0.118. The van der Waals surface area contributed by atoms with Crippen molar-refractivity contribution >= 4 is 17.5 Å². The van der Waals surface area contributed by atoms with E-state index in [-0.39, 0.29) is 0 Å². The van der Waals surface area contributed by atoms with Crippen molar-refractivity contribution in [2.75, 3.05) is 18.7 Å². The van der Waals surface area contributed by atoms with Crippen molar-refractivity contribution in [1.82, 2.24) is 4.90 Å². The summed E-state index contributed by atoms with van der Waals surface area (Å²) in [7, 11) is 2.12. The van der Waals surface area contributed by atoms with Gasteiger partial charge in [-0.1, -0.05) is 13.8 Å². The Morgan fingerprint density at radius 3 is 2.71 bits per heavy atom. The molecule has 0 bridgehead atoms. The van der Waals surface area contributed by atoms with Crippen LogP contribution in [0.2, 0.25) is 0 Å². The summed E-state index contributed by atoms with van der Waals surface area (Å²) in [6.45, 7) is 5.69. The van der Waals surface area contributed by atoms with Crippen molar-refractivity contribution in [2.24, 2.45) is 0 Å². The zero-order valence-corrected chi connectivity index (χ0v) is 10.7. The lowest BCUT2D eigenvalue weighted by Gasteiger charge is -2.23. The first-order valence-electron chi connectivity index (χ1n) is 5.47. The molecule has 1 aliphatic rings. The second kappa shape index (κ2) is 8.30. The maximum Gasteiger partial charge on any atom is 0.131 e. The first-order chi connectivity index (χ1) is 6.70.